The molecule has 0 aliphatic carbocycles. The molecule has 0 spiro atoms. The monoisotopic (exact) mass is 237 g/mol. The maximum absolute atomic E-state index is 11.6. The third-order valence-electron chi connectivity index (χ3n) is 2.76. The van der Waals surface area contributed by atoms with Crippen molar-refractivity contribution in [2.24, 2.45) is 0 Å². The highest BCUT2D eigenvalue weighted by molar-refractivity contribution is 5.84. The molecule has 17 heavy (non-hydrogen) atoms. The largest absolute Gasteiger partial charge is 0.497 e. The van der Waals surface area contributed by atoms with Gasteiger partial charge in [-0.3, -0.25) is 4.79 Å². The minimum absolute atomic E-state index is 0.0547. The fraction of sp³-hybridized carbons (Fsp3) is 0.462. The van der Waals surface area contributed by atoms with Crippen LogP contribution < -0.4 is 14.8 Å². The molecule has 0 radical (unpaired) electrons. The first-order valence-electron chi connectivity index (χ1n) is 5.45. The van der Waals surface area contributed by atoms with Gasteiger partial charge in [0.1, 0.15) is 11.5 Å². The van der Waals surface area contributed by atoms with Gasteiger partial charge in [-0.2, -0.15) is 0 Å². The van der Waals surface area contributed by atoms with Crippen molar-refractivity contribution in [3.05, 3.63) is 23.3 Å². The Morgan fingerprint density at radius 2 is 1.94 bits per heavy atom. The van der Waals surface area contributed by atoms with Crippen LogP contribution in [-0.4, -0.2) is 27.1 Å². The molecule has 1 aromatic carbocycles. The van der Waals surface area contributed by atoms with Crippen molar-refractivity contribution in [2.45, 2.75) is 19.9 Å². The minimum Gasteiger partial charge on any atom is -0.497 e. The standard InChI is InChI=1S/C13H19NO3/c1-8-6-10(16-4)7-11(17-5)12(8)13(14-3)9(2)15/h6-7,13-14H,1-5H3. The Balaban J connectivity index is 3.35. The molecule has 1 unspecified atom stereocenters. The average molecular weight is 237 g/mol. The van der Waals surface area contributed by atoms with E-state index in [1.165, 1.54) is 0 Å². The number of benzene rings is 1. The highest BCUT2D eigenvalue weighted by Gasteiger charge is 2.21. The summed E-state index contributed by atoms with van der Waals surface area (Å²) in [4.78, 5) is 11.6. The molecule has 0 saturated heterocycles. The predicted molar refractivity (Wildman–Crippen MR) is 66.8 cm³/mol. The zero-order valence-corrected chi connectivity index (χ0v) is 11.0. The number of carbonyl (C=O) groups excluding carboxylic acids is 1. The molecule has 1 aromatic rings. The van der Waals surface area contributed by atoms with E-state index in [2.05, 4.69) is 5.32 Å². The van der Waals surface area contributed by atoms with Crippen molar-refractivity contribution in [3.63, 3.8) is 0 Å². The second-order valence-electron chi connectivity index (χ2n) is 3.89. The summed E-state index contributed by atoms with van der Waals surface area (Å²) in [6.45, 7) is 3.50. The number of ether oxygens (including phenoxy) is 2. The number of methoxy groups -OCH3 is 2. The van der Waals surface area contributed by atoms with Crippen LogP contribution >= 0.6 is 0 Å². The molecule has 0 aliphatic heterocycles. The van der Waals surface area contributed by atoms with Crippen molar-refractivity contribution in [1.82, 2.24) is 5.32 Å². The van der Waals surface area contributed by atoms with Crippen LogP contribution in [0.2, 0.25) is 0 Å². The van der Waals surface area contributed by atoms with Gasteiger partial charge in [-0.05, 0) is 32.5 Å². The number of rotatable bonds is 5. The van der Waals surface area contributed by atoms with Crippen molar-refractivity contribution in [3.8, 4) is 11.5 Å². The number of nitrogens with one attached hydrogen (secondary N) is 1. The molecule has 1 rings (SSSR count). The molecule has 1 atom stereocenters. The molecule has 0 bridgehead atoms. The van der Waals surface area contributed by atoms with Gasteiger partial charge < -0.3 is 14.8 Å². The first-order valence-corrected chi connectivity index (χ1v) is 5.45. The van der Waals surface area contributed by atoms with Gasteiger partial charge in [0.25, 0.3) is 0 Å². The summed E-state index contributed by atoms with van der Waals surface area (Å²) in [6.07, 6.45) is 0. The summed E-state index contributed by atoms with van der Waals surface area (Å²) in [6, 6.07) is 3.33. The lowest BCUT2D eigenvalue weighted by Crippen LogP contribution is -2.24. The van der Waals surface area contributed by atoms with Crippen LogP contribution in [0.1, 0.15) is 24.1 Å². The van der Waals surface area contributed by atoms with Crippen LogP contribution in [-0.2, 0) is 4.79 Å². The SMILES string of the molecule is CNC(C(C)=O)c1c(C)cc(OC)cc1OC. The molecular formula is C13H19NO3. The predicted octanol–water partition coefficient (Wildman–Crippen LogP) is 1.86. The first-order chi connectivity index (χ1) is 8.04. The van der Waals surface area contributed by atoms with Gasteiger partial charge in [0.05, 0.1) is 20.3 Å². The summed E-state index contributed by atoms with van der Waals surface area (Å²) in [5, 5.41) is 3.00. The molecule has 0 aromatic heterocycles. The lowest BCUT2D eigenvalue weighted by molar-refractivity contribution is -0.119. The molecular weight excluding hydrogens is 218 g/mol. The van der Waals surface area contributed by atoms with E-state index in [1.54, 1.807) is 34.3 Å². The van der Waals surface area contributed by atoms with Crippen LogP contribution in [0.25, 0.3) is 0 Å². The number of ketones is 1. The van der Waals surface area contributed by atoms with Gasteiger partial charge in [-0.15, -0.1) is 0 Å². The molecule has 0 fully saturated rings. The van der Waals surface area contributed by atoms with E-state index in [1.807, 2.05) is 13.0 Å². The number of Topliss-reactive ketones (excluding diaryl/α,β-unsaturated/α-hetero) is 1. The summed E-state index contributed by atoms with van der Waals surface area (Å²) < 4.78 is 10.5. The summed E-state index contributed by atoms with van der Waals surface area (Å²) in [5.74, 6) is 1.44. The van der Waals surface area contributed by atoms with Crippen molar-refractivity contribution in [1.29, 1.82) is 0 Å². The van der Waals surface area contributed by atoms with E-state index in [4.69, 9.17) is 9.47 Å². The second-order valence-corrected chi connectivity index (χ2v) is 3.89. The van der Waals surface area contributed by atoms with Gasteiger partial charge in [0.15, 0.2) is 5.78 Å². The lowest BCUT2D eigenvalue weighted by atomic mass is 9.97. The molecule has 4 heteroatoms. The third kappa shape index (κ3) is 2.77. The number of likely N-dealkylation sites (N-methyl/N-ethyl adjacent to an activating group) is 1. The zero-order valence-electron chi connectivity index (χ0n) is 11.0. The van der Waals surface area contributed by atoms with Gasteiger partial charge in [0, 0.05) is 11.6 Å². The Kier molecular flexibility index (Phi) is 4.52. The fourth-order valence-corrected chi connectivity index (χ4v) is 1.94. The smallest absolute Gasteiger partial charge is 0.151 e. The van der Waals surface area contributed by atoms with Crippen molar-refractivity contribution < 1.29 is 14.3 Å². The third-order valence-corrected chi connectivity index (χ3v) is 2.76. The zero-order chi connectivity index (χ0) is 13.0. The van der Waals surface area contributed by atoms with E-state index in [0.717, 1.165) is 16.9 Å². The topological polar surface area (TPSA) is 47.6 Å². The van der Waals surface area contributed by atoms with Gasteiger partial charge >= 0.3 is 0 Å². The van der Waals surface area contributed by atoms with Crippen LogP contribution in [0.3, 0.4) is 0 Å². The minimum atomic E-state index is -0.351. The fourth-order valence-electron chi connectivity index (χ4n) is 1.94. The van der Waals surface area contributed by atoms with Crippen molar-refractivity contribution in [2.75, 3.05) is 21.3 Å². The average Bonchev–Trinajstić information content (AvgIpc) is 2.31. The van der Waals surface area contributed by atoms with Gasteiger partial charge in [-0.25, -0.2) is 0 Å². The number of hydrogen-bond acceptors (Lipinski definition) is 4. The van der Waals surface area contributed by atoms with Gasteiger partial charge in [-0.1, -0.05) is 0 Å². The highest BCUT2D eigenvalue weighted by Crippen LogP contribution is 2.33. The quantitative estimate of drug-likeness (QED) is 0.849. The Labute approximate surface area is 102 Å². The highest BCUT2D eigenvalue weighted by atomic mass is 16.5. The Bertz CT molecular complexity index is 415. The molecule has 4 nitrogen and oxygen atoms in total. The maximum Gasteiger partial charge on any atom is 0.151 e. The summed E-state index contributed by atoms with van der Waals surface area (Å²) >= 11 is 0. The second kappa shape index (κ2) is 5.68. The number of carbonyl (C=O) groups is 1. The molecule has 0 amide bonds. The lowest BCUT2D eigenvalue weighted by Gasteiger charge is -2.20. The first kappa shape index (κ1) is 13.5. The number of hydrogen-bond donors (Lipinski definition) is 1. The number of aryl methyl sites for hydroxylation is 1. The molecule has 0 saturated carbocycles. The van der Waals surface area contributed by atoms with Crippen LogP contribution in [0.15, 0.2) is 12.1 Å². The van der Waals surface area contributed by atoms with E-state index < -0.39 is 0 Å². The Hall–Kier alpha value is -1.55. The summed E-state index contributed by atoms with van der Waals surface area (Å²) in [7, 11) is 4.95. The molecule has 1 N–H and O–H groups in total. The summed E-state index contributed by atoms with van der Waals surface area (Å²) in [5.41, 5.74) is 1.83. The van der Waals surface area contributed by atoms with E-state index in [-0.39, 0.29) is 11.8 Å². The van der Waals surface area contributed by atoms with Crippen LogP contribution in [0, 0.1) is 6.92 Å². The van der Waals surface area contributed by atoms with E-state index in [0.29, 0.717) is 5.75 Å². The normalized spacial score (nSPS) is 12.1. The van der Waals surface area contributed by atoms with E-state index >= 15 is 0 Å². The maximum atomic E-state index is 11.6. The van der Waals surface area contributed by atoms with Crippen molar-refractivity contribution >= 4 is 5.78 Å². The van der Waals surface area contributed by atoms with Crippen LogP contribution in [0.4, 0.5) is 0 Å². The van der Waals surface area contributed by atoms with Gasteiger partial charge in [0.2, 0.25) is 0 Å². The van der Waals surface area contributed by atoms with Crippen LogP contribution in [0.5, 0.6) is 11.5 Å². The Morgan fingerprint density at radius 1 is 1.29 bits per heavy atom. The molecule has 0 aliphatic rings. The Morgan fingerprint density at radius 3 is 2.35 bits per heavy atom. The molecule has 94 valence electrons. The molecule has 0 heterocycles. The van der Waals surface area contributed by atoms with E-state index in [9.17, 15) is 4.79 Å².